The van der Waals surface area contributed by atoms with Gasteiger partial charge in [0.05, 0.1) is 5.52 Å². The molecule has 0 saturated carbocycles. The maximum absolute atomic E-state index is 11.8. The average Bonchev–Trinajstić information content (AvgIpc) is 2.54. The van der Waals surface area contributed by atoms with Crippen LogP contribution < -0.4 is 9.47 Å². The van der Waals surface area contributed by atoms with Crippen LogP contribution in [0.15, 0.2) is 48.7 Å². The van der Waals surface area contributed by atoms with Crippen molar-refractivity contribution in [3.05, 3.63) is 70.3 Å². The number of aromatic nitrogens is 2. The molecule has 0 atom stereocenters. The molecule has 22 heavy (non-hydrogen) atoms. The number of ether oxygens (including phenoxy) is 1. The van der Waals surface area contributed by atoms with Crippen molar-refractivity contribution >= 4 is 22.5 Å². The predicted molar refractivity (Wildman–Crippen MR) is 81.2 cm³/mol. The van der Waals surface area contributed by atoms with E-state index in [1.54, 1.807) is 0 Å². The minimum absolute atomic E-state index is 0.0651. The van der Waals surface area contributed by atoms with Gasteiger partial charge in [-0.1, -0.05) is 41.9 Å². The van der Waals surface area contributed by atoms with Gasteiger partial charge in [-0.05, 0) is 5.56 Å². The Bertz CT molecular complexity index is 876. The van der Waals surface area contributed by atoms with E-state index in [0.717, 1.165) is 5.56 Å². The van der Waals surface area contributed by atoms with E-state index in [1.807, 2.05) is 36.4 Å². The van der Waals surface area contributed by atoms with E-state index in [2.05, 4.69) is 4.98 Å². The van der Waals surface area contributed by atoms with E-state index in [1.165, 1.54) is 18.3 Å². The fraction of sp³-hybridized carbons (Fsp3) is 0.0625. The molecule has 0 aliphatic carbocycles. The molecule has 2 heterocycles. The Hall–Kier alpha value is -2.84. The van der Waals surface area contributed by atoms with Crippen molar-refractivity contribution in [2.75, 3.05) is 0 Å². The summed E-state index contributed by atoms with van der Waals surface area (Å²) in [4.78, 5) is 4.12. The van der Waals surface area contributed by atoms with Gasteiger partial charge in [-0.15, -0.1) is 0 Å². The van der Waals surface area contributed by atoms with Crippen LogP contribution in [0.4, 0.5) is 0 Å². The lowest BCUT2D eigenvalue weighted by atomic mass is 10.2. The molecule has 0 radical (unpaired) electrons. The van der Waals surface area contributed by atoms with E-state index >= 15 is 0 Å². The van der Waals surface area contributed by atoms with Crippen molar-refractivity contribution in [1.29, 1.82) is 5.26 Å². The lowest BCUT2D eigenvalue weighted by molar-refractivity contribution is -0.606. The number of nitriles is 1. The van der Waals surface area contributed by atoms with Gasteiger partial charge >= 0.3 is 5.69 Å². The molecule has 108 valence electrons. The smallest absolute Gasteiger partial charge is 0.307 e. The molecule has 0 unspecified atom stereocenters. The first-order chi connectivity index (χ1) is 10.7. The van der Waals surface area contributed by atoms with Crippen molar-refractivity contribution in [1.82, 2.24) is 4.98 Å². The third-order valence-electron chi connectivity index (χ3n) is 3.15. The van der Waals surface area contributed by atoms with E-state index in [9.17, 15) is 10.5 Å². The van der Waals surface area contributed by atoms with Crippen molar-refractivity contribution in [2.45, 2.75) is 6.61 Å². The summed E-state index contributed by atoms with van der Waals surface area (Å²) in [6.45, 7) is 0.300. The Kier molecular flexibility index (Phi) is 3.77. The molecule has 6 heteroatoms. The lowest BCUT2D eigenvalue weighted by Crippen LogP contribution is -2.30. The van der Waals surface area contributed by atoms with Gasteiger partial charge in [0.2, 0.25) is 0 Å². The standard InChI is InChI=1S/C16H10ClN3O2/c17-15-8-14(22-10-11-4-2-1-3-5-11)16-12(19-15)6-7-20(21)13(16)9-18/h1-8H,10H2. The predicted octanol–water partition coefficient (Wildman–Crippen LogP) is 2.97. The van der Waals surface area contributed by atoms with Gasteiger partial charge in [0, 0.05) is 12.1 Å². The summed E-state index contributed by atoms with van der Waals surface area (Å²) >= 11 is 5.98. The maximum Gasteiger partial charge on any atom is 0.307 e. The SMILES string of the molecule is N#Cc1c2c(OCc3ccccc3)cc(Cl)nc2cc[n+]1[O-]. The second-order valence-corrected chi connectivity index (χ2v) is 4.97. The number of nitrogens with zero attached hydrogens (tertiary/aromatic N) is 3. The molecule has 0 aliphatic heterocycles. The first-order valence-corrected chi connectivity index (χ1v) is 6.86. The molecule has 2 aromatic heterocycles. The number of benzene rings is 1. The van der Waals surface area contributed by atoms with Gasteiger partial charge in [-0.3, -0.25) is 0 Å². The summed E-state index contributed by atoms with van der Waals surface area (Å²) in [5.74, 6) is 0.362. The van der Waals surface area contributed by atoms with Gasteiger partial charge in [0.1, 0.15) is 22.9 Å². The third-order valence-corrected chi connectivity index (χ3v) is 3.34. The summed E-state index contributed by atoms with van der Waals surface area (Å²) in [7, 11) is 0. The summed E-state index contributed by atoms with van der Waals surface area (Å²) < 4.78 is 6.25. The lowest BCUT2D eigenvalue weighted by Gasteiger charge is -2.10. The molecule has 0 bridgehead atoms. The molecule has 0 saturated heterocycles. The molecule has 3 rings (SSSR count). The Balaban J connectivity index is 2.08. The normalized spacial score (nSPS) is 10.4. The van der Waals surface area contributed by atoms with Crippen LogP contribution in [0.3, 0.4) is 0 Å². The molecule has 0 aliphatic rings. The van der Waals surface area contributed by atoms with Crippen LogP contribution in [0.1, 0.15) is 11.3 Å². The van der Waals surface area contributed by atoms with Gasteiger partial charge < -0.3 is 9.94 Å². The molecule has 0 amide bonds. The molecule has 0 N–H and O–H groups in total. The highest BCUT2D eigenvalue weighted by molar-refractivity contribution is 6.30. The monoisotopic (exact) mass is 311 g/mol. The first-order valence-electron chi connectivity index (χ1n) is 6.48. The van der Waals surface area contributed by atoms with Crippen molar-refractivity contribution in [3.8, 4) is 11.8 Å². The number of pyridine rings is 2. The van der Waals surface area contributed by atoms with Crippen LogP contribution in [-0.4, -0.2) is 4.98 Å². The first kappa shape index (κ1) is 14.1. The van der Waals surface area contributed by atoms with Gasteiger partial charge in [-0.25, -0.2) is 4.98 Å². The fourth-order valence-corrected chi connectivity index (χ4v) is 2.34. The van der Waals surface area contributed by atoms with E-state index in [-0.39, 0.29) is 10.8 Å². The topological polar surface area (TPSA) is 72.8 Å². The minimum atomic E-state index is -0.0651. The summed E-state index contributed by atoms with van der Waals surface area (Å²) in [6, 6.07) is 14.5. The minimum Gasteiger partial charge on any atom is -0.618 e. The van der Waals surface area contributed by atoms with Gasteiger partial charge in [-0.2, -0.15) is 9.99 Å². The number of rotatable bonds is 3. The number of hydrogen-bond donors (Lipinski definition) is 0. The van der Waals surface area contributed by atoms with Crippen LogP contribution in [0.5, 0.6) is 5.75 Å². The van der Waals surface area contributed by atoms with Crippen LogP contribution in [0.25, 0.3) is 10.9 Å². The van der Waals surface area contributed by atoms with Gasteiger partial charge in [0.15, 0.2) is 12.3 Å². The Labute approximate surface area is 131 Å². The molecule has 5 nitrogen and oxygen atoms in total. The largest absolute Gasteiger partial charge is 0.618 e. The molecule has 3 aromatic rings. The van der Waals surface area contributed by atoms with Crippen molar-refractivity contribution < 1.29 is 9.47 Å². The zero-order valence-electron chi connectivity index (χ0n) is 11.4. The van der Waals surface area contributed by atoms with Crippen LogP contribution >= 0.6 is 11.6 Å². The van der Waals surface area contributed by atoms with Crippen molar-refractivity contribution in [3.63, 3.8) is 0 Å². The van der Waals surface area contributed by atoms with E-state index in [4.69, 9.17) is 16.3 Å². The maximum atomic E-state index is 11.8. The molecule has 1 aromatic carbocycles. The van der Waals surface area contributed by atoms with Crippen LogP contribution in [-0.2, 0) is 6.61 Å². The second kappa shape index (κ2) is 5.88. The Morgan fingerprint density at radius 1 is 1.27 bits per heavy atom. The second-order valence-electron chi connectivity index (χ2n) is 4.58. The summed E-state index contributed by atoms with van der Waals surface area (Å²) in [5.41, 5.74) is 1.34. The third kappa shape index (κ3) is 2.65. The highest BCUT2D eigenvalue weighted by atomic mass is 35.5. The van der Waals surface area contributed by atoms with Crippen molar-refractivity contribution in [2.24, 2.45) is 0 Å². The molecular formula is C16H10ClN3O2. The van der Waals surface area contributed by atoms with Crippen LogP contribution in [0, 0.1) is 16.5 Å². The number of hydrogen-bond acceptors (Lipinski definition) is 4. The molecular weight excluding hydrogens is 302 g/mol. The number of fused-ring (bicyclic) bond motifs is 1. The van der Waals surface area contributed by atoms with Crippen LogP contribution in [0.2, 0.25) is 5.15 Å². The van der Waals surface area contributed by atoms with E-state index < -0.39 is 0 Å². The highest BCUT2D eigenvalue weighted by Gasteiger charge is 2.18. The Morgan fingerprint density at radius 2 is 2.05 bits per heavy atom. The zero-order chi connectivity index (χ0) is 15.5. The highest BCUT2D eigenvalue weighted by Crippen LogP contribution is 2.29. The summed E-state index contributed by atoms with van der Waals surface area (Å²) in [6.07, 6.45) is 1.23. The fourth-order valence-electron chi connectivity index (χ4n) is 2.15. The summed E-state index contributed by atoms with van der Waals surface area (Å²) in [5, 5.41) is 21.6. The van der Waals surface area contributed by atoms with E-state index in [0.29, 0.717) is 28.0 Å². The quantitative estimate of drug-likeness (QED) is 0.423. The average molecular weight is 312 g/mol. The van der Waals surface area contributed by atoms with Gasteiger partial charge in [0.25, 0.3) is 0 Å². The molecule has 0 spiro atoms. The zero-order valence-corrected chi connectivity index (χ0v) is 12.1. The Morgan fingerprint density at radius 3 is 2.77 bits per heavy atom. The molecule has 0 fully saturated rings. The number of halogens is 1.